The Kier molecular flexibility index (Phi) is 3.63. The van der Waals surface area contributed by atoms with Crippen LogP contribution >= 0.6 is 0 Å². The SMILES string of the molecule is Cc1ccc2nc(C(=O)N3CCCC3c3cc(N)nc(C)n3)cn2c1. The van der Waals surface area contributed by atoms with E-state index in [0.717, 1.165) is 29.7 Å². The summed E-state index contributed by atoms with van der Waals surface area (Å²) in [6.07, 6.45) is 5.56. The van der Waals surface area contributed by atoms with Crippen LogP contribution in [0.3, 0.4) is 0 Å². The molecule has 1 atom stereocenters. The average molecular weight is 336 g/mol. The number of hydrogen-bond donors (Lipinski definition) is 1. The maximum absolute atomic E-state index is 13.0. The second kappa shape index (κ2) is 5.84. The van der Waals surface area contributed by atoms with Crippen LogP contribution in [0.25, 0.3) is 5.65 Å². The van der Waals surface area contributed by atoms with Crippen LogP contribution in [0.5, 0.6) is 0 Å². The number of nitrogen functional groups attached to an aromatic ring is 1. The van der Waals surface area contributed by atoms with E-state index >= 15 is 0 Å². The molecule has 0 bridgehead atoms. The summed E-state index contributed by atoms with van der Waals surface area (Å²) in [5.41, 5.74) is 9.00. The first-order valence-electron chi connectivity index (χ1n) is 8.38. The molecule has 4 rings (SSSR count). The van der Waals surface area contributed by atoms with Crippen LogP contribution in [0.2, 0.25) is 0 Å². The predicted octanol–water partition coefficient (Wildman–Crippen LogP) is 2.30. The van der Waals surface area contributed by atoms with E-state index in [-0.39, 0.29) is 11.9 Å². The topological polar surface area (TPSA) is 89.4 Å². The summed E-state index contributed by atoms with van der Waals surface area (Å²) in [4.78, 5) is 28.0. The first-order valence-corrected chi connectivity index (χ1v) is 8.38. The monoisotopic (exact) mass is 336 g/mol. The Morgan fingerprint density at radius 2 is 2.04 bits per heavy atom. The normalized spacial score (nSPS) is 17.4. The van der Waals surface area contributed by atoms with Crippen LogP contribution in [-0.2, 0) is 0 Å². The number of amides is 1. The minimum Gasteiger partial charge on any atom is -0.384 e. The molecule has 4 heterocycles. The van der Waals surface area contributed by atoms with E-state index in [1.54, 1.807) is 12.3 Å². The summed E-state index contributed by atoms with van der Waals surface area (Å²) in [5.74, 6) is 0.987. The fourth-order valence-electron chi connectivity index (χ4n) is 3.46. The molecule has 0 radical (unpaired) electrons. The van der Waals surface area contributed by atoms with Crippen molar-refractivity contribution < 1.29 is 4.79 Å². The Balaban J connectivity index is 1.67. The molecule has 2 N–H and O–H groups in total. The lowest BCUT2D eigenvalue weighted by molar-refractivity contribution is 0.0727. The number of anilines is 1. The number of pyridine rings is 1. The molecule has 0 spiro atoms. The van der Waals surface area contributed by atoms with Crippen molar-refractivity contribution in [1.82, 2.24) is 24.3 Å². The van der Waals surface area contributed by atoms with Gasteiger partial charge in [-0.25, -0.2) is 15.0 Å². The predicted molar refractivity (Wildman–Crippen MR) is 94.1 cm³/mol. The number of aryl methyl sites for hydroxylation is 2. The summed E-state index contributed by atoms with van der Waals surface area (Å²) < 4.78 is 1.89. The summed E-state index contributed by atoms with van der Waals surface area (Å²) in [7, 11) is 0. The van der Waals surface area contributed by atoms with Gasteiger partial charge < -0.3 is 15.0 Å². The smallest absolute Gasteiger partial charge is 0.274 e. The van der Waals surface area contributed by atoms with Gasteiger partial charge in [-0.1, -0.05) is 6.07 Å². The van der Waals surface area contributed by atoms with Gasteiger partial charge in [-0.2, -0.15) is 0 Å². The van der Waals surface area contributed by atoms with Gasteiger partial charge in [-0.3, -0.25) is 4.79 Å². The molecule has 25 heavy (non-hydrogen) atoms. The molecule has 0 saturated carbocycles. The van der Waals surface area contributed by atoms with Crippen LogP contribution in [0.15, 0.2) is 30.6 Å². The quantitative estimate of drug-likeness (QED) is 0.775. The van der Waals surface area contributed by atoms with Gasteiger partial charge >= 0.3 is 0 Å². The van der Waals surface area contributed by atoms with Gasteiger partial charge in [0.05, 0.1) is 11.7 Å². The third-order valence-corrected chi connectivity index (χ3v) is 4.55. The number of nitrogens with zero attached hydrogens (tertiary/aromatic N) is 5. The van der Waals surface area contributed by atoms with Crippen LogP contribution in [0.1, 0.15) is 46.5 Å². The molecule has 0 aliphatic carbocycles. The van der Waals surface area contributed by atoms with E-state index in [2.05, 4.69) is 15.0 Å². The fraction of sp³-hybridized carbons (Fsp3) is 0.333. The van der Waals surface area contributed by atoms with Crippen LogP contribution in [0, 0.1) is 13.8 Å². The maximum Gasteiger partial charge on any atom is 0.274 e. The highest BCUT2D eigenvalue weighted by molar-refractivity contribution is 5.93. The number of aromatic nitrogens is 4. The fourth-order valence-corrected chi connectivity index (χ4v) is 3.46. The maximum atomic E-state index is 13.0. The Morgan fingerprint density at radius 3 is 2.84 bits per heavy atom. The number of carbonyl (C=O) groups is 1. The van der Waals surface area contributed by atoms with Crippen LogP contribution < -0.4 is 5.73 Å². The molecule has 0 aromatic carbocycles. The molecule has 7 heteroatoms. The molecule has 3 aromatic heterocycles. The van der Waals surface area contributed by atoms with E-state index in [1.807, 2.05) is 41.5 Å². The number of likely N-dealkylation sites (tertiary alicyclic amines) is 1. The molecule has 1 fully saturated rings. The number of fused-ring (bicyclic) bond motifs is 1. The van der Waals surface area contributed by atoms with Gasteiger partial charge in [0, 0.05) is 25.0 Å². The summed E-state index contributed by atoms with van der Waals surface area (Å²) in [6, 6.07) is 5.59. The molecule has 128 valence electrons. The number of imidazole rings is 1. The second-order valence-corrected chi connectivity index (χ2v) is 6.52. The molecule has 7 nitrogen and oxygen atoms in total. The molecule has 1 aliphatic heterocycles. The van der Waals surface area contributed by atoms with E-state index < -0.39 is 0 Å². The van der Waals surface area contributed by atoms with Crippen molar-refractivity contribution in [2.45, 2.75) is 32.7 Å². The van der Waals surface area contributed by atoms with Crippen molar-refractivity contribution >= 4 is 17.4 Å². The molecule has 3 aromatic rings. The van der Waals surface area contributed by atoms with Gasteiger partial charge in [0.25, 0.3) is 5.91 Å². The number of rotatable bonds is 2. The summed E-state index contributed by atoms with van der Waals surface area (Å²) in [5, 5.41) is 0. The van der Waals surface area contributed by atoms with Crippen molar-refractivity contribution in [3.8, 4) is 0 Å². The van der Waals surface area contributed by atoms with Crippen molar-refractivity contribution in [1.29, 1.82) is 0 Å². The van der Waals surface area contributed by atoms with Gasteiger partial charge in [-0.15, -0.1) is 0 Å². The minimum absolute atomic E-state index is 0.0707. The highest BCUT2D eigenvalue weighted by Gasteiger charge is 2.33. The lowest BCUT2D eigenvalue weighted by Gasteiger charge is -2.23. The van der Waals surface area contributed by atoms with Gasteiger partial charge in [0.15, 0.2) is 0 Å². The van der Waals surface area contributed by atoms with E-state index in [1.165, 1.54) is 0 Å². The standard InChI is InChI=1S/C18H20N6O/c1-11-5-6-17-22-14(10-23(17)9-11)18(25)24-7-3-4-15(24)13-8-16(19)21-12(2)20-13/h5-6,8-10,15H,3-4,7H2,1-2H3,(H2,19,20,21). The largest absolute Gasteiger partial charge is 0.384 e. The second-order valence-electron chi connectivity index (χ2n) is 6.52. The summed E-state index contributed by atoms with van der Waals surface area (Å²) >= 11 is 0. The molecule has 1 saturated heterocycles. The van der Waals surface area contributed by atoms with Crippen molar-refractivity contribution in [3.05, 3.63) is 53.4 Å². The van der Waals surface area contributed by atoms with Crippen LogP contribution in [-0.4, -0.2) is 36.7 Å². The third kappa shape index (κ3) is 2.82. The van der Waals surface area contributed by atoms with Crippen molar-refractivity contribution in [2.75, 3.05) is 12.3 Å². The minimum atomic E-state index is -0.0805. The van der Waals surface area contributed by atoms with E-state index in [0.29, 0.717) is 23.9 Å². The number of hydrogen-bond acceptors (Lipinski definition) is 5. The molecule has 1 aliphatic rings. The molecular formula is C18H20N6O. The number of nitrogens with two attached hydrogens (primary N) is 1. The van der Waals surface area contributed by atoms with Gasteiger partial charge in [0.2, 0.25) is 0 Å². The zero-order chi connectivity index (χ0) is 17.6. The number of carbonyl (C=O) groups excluding carboxylic acids is 1. The summed E-state index contributed by atoms with van der Waals surface area (Å²) in [6.45, 7) is 4.52. The highest BCUT2D eigenvalue weighted by Crippen LogP contribution is 2.32. The van der Waals surface area contributed by atoms with E-state index in [9.17, 15) is 4.79 Å². The van der Waals surface area contributed by atoms with E-state index in [4.69, 9.17) is 5.73 Å². The van der Waals surface area contributed by atoms with Crippen molar-refractivity contribution in [2.24, 2.45) is 0 Å². The van der Waals surface area contributed by atoms with Gasteiger partial charge in [0.1, 0.15) is 23.0 Å². The highest BCUT2D eigenvalue weighted by atomic mass is 16.2. The van der Waals surface area contributed by atoms with Crippen LogP contribution in [0.4, 0.5) is 5.82 Å². The zero-order valence-corrected chi connectivity index (χ0v) is 14.3. The van der Waals surface area contributed by atoms with Crippen molar-refractivity contribution in [3.63, 3.8) is 0 Å². The third-order valence-electron chi connectivity index (χ3n) is 4.55. The lowest BCUT2D eigenvalue weighted by atomic mass is 10.1. The lowest BCUT2D eigenvalue weighted by Crippen LogP contribution is -2.31. The Hall–Kier alpha value is -2.96. The molecular weight excluding hydrogens is 316 g/mol. The Bertz CT molecular complexity index is 943. The molecule has 1 unspecified atom stereocenters. The first kappa shape index (κ1) is 15.6. The zero-order valence-electron chi connectivity index (χ0n) is 14.3. The average Bonchev–Trinajstić information content (AvgIpc) is 3.19. The molecule has 1 amide bonds. The Morgan fingerprint density at radius 1 is 1.20 bits per heavy atom. The Labute approximate surface area is 145 Å². The first-order chi connectivity index (χ1) is 12.0. The van der Waals surface area contributed by atoms with Gasteiger partial charge in [-0.05, 0) is 38.3 Å².